The van der Waals surface area contributed by atoms with Crippen molar-refractivity contribution in [1.29, 1.82) is 0 Å². The van der Waals surface area contributed by atoms with E-state index in [1.54, 1.807) is 0 Å². The summed E-state index contributed by atoms with van der Waals surface area (Å²) in [6.07, 6.45) is 1.93. The number of benzene rings is 2. The van der Waals surface area contributed by atoms with Crippen molar-refractivity contribution >= 4 is 23.2 Å². The van der Waals surface area contributed by atoms with E-state index in [4.69, 9.17) is 37.4 Å². The molecule has 2 aromatic carbocycles. The molecule has 2 aromatic rings. The first kappa shape index (κ1) is 17.0. The summed E-state index contributed by atoms with van der Waals surface area (Å²) in [6.45, 7) is 2.81. The third-order valence-corrected chi connectivity index (χ3v) is 5.66. The first-order chi connectivity index (χ1) is 12.2. The van der Waals surface area contributed by atoms with Gasteiger partial charge in [0.15, 0.2) is 11.5 Å². The van der Waals surface area contributed by atoms with Crippen LogP contribution in [0.2, 0.25) is 10.0 Å². The van der Waals surface area contributed by atoms with Gasteiger partial charge >= 0.3 is 0 Å². The predicted octanol–water partition coefficient (Wildman–Crippen LogP) is 4.81. The van der Waals surface area contributed by atoms with Crippen LogP contribution >= 0.6 is 23.2 Å². The second-order valence-corrected chi connectivity index (χ2v) is 7.51. The Bertz CT molecular complexity index is 763. The molecule has 0 unspecified atom stereocenters. The molecule has 0 N–H and O–H groups in total. The molecule has 132 valence electrons. The van der Waals surface area contributed by atoms with E-state index in [0.29, 0.717) is 35.1 Å². The summed E-state index contributed by atoms with van der Waals surface area (Å²) in [5.74, 6) is 2.65. The number of fused-ring (bicyclic) bond motifs is 1. The van der Waals surface area contributed by atoms with Crippen molar-refractivity contribution in [2.24, 2.45) is 11.8 Å². The maximum Gasteiger partial charge on any atom is 0.161 e. The maximum absolute atomic E-state index is 6.14. The molecule has 2 atom stereocenters. The van der Waals surface area contributed by atoms with Crippen molar-refractivity contribution in [2.45, 2.75) is 12.8 Å². The average Bonchev–Trinajstić information content (AvgIpc) is 3.05. The highest BCUT2D eigenvalue weighted by Crippen LogP contribution is 2.34. The molecule has 25 heavy (non-hydrogen) atoms. The zero-order chi connectivity index (χ0) is 17.2. The lowest BCUT2D eigenvalue weighted by atomic mass is 9.85. The van der Waals surface area contributed by atoms with Crippen LogP contribution in [0.5, 0.6) is 11.5 Å². The summed E-state index contributed by atoms with van der Waals surface area (Å²) >= 11 is 12.2. The Morgan fingerprint density at radius 2 is 1.40 bits per heavy atom. The van der Waals surface area contributed by atoms with Gasteiger partial charge in [0.05, 0.1) is 23.3 Å². The van der Waals surface area contributed by atoms with Gasteiger partial charge in [-0.2, -0.15) is 0 Å². The van der Waals surface area contributed by atoms with Gasteiger partial charge in [-0.15, -0.1) is 0 Å². The van der Waals surface area contributed by atoms with E-state index in [2.05, 4.69) is 12.1 Å². The van der Waals surface area contributed by atoms with Crippen LogP contribution in [0, 0.1) is 11.8 Å². The highest BCUT2D eigenvalue weighted by atomic mass is 35.5. The van der Waals surface area contributed by atoms with Crippen LogP contribution in [-0.2, 0) is 17.6 Å². The molecule has 0 saturated carbocycles. The summed E-state index contributed by atoms with van der Waals surface area (Å²) in [7, 11) is 0. The van der Waals surface area contributed by atoms with Crippen LogP contribution in [0.15, 0.2) is 36.4 Å². The van der Waals surface area contributed by atoms with Gasteiger partial charge in [0.2, 0.25) is 0 Å². The predicted molar refractivity (Wildman–Crippen MR) is 99.1 cm³/mol. The van der Waals surface area contributed by atoms with Gasteiger partial charge in [0.1, 0.15) is 13.2 Å². The molecule has 2 aliphatic heterocycles. The van der Waals surface area contributed by atoms with Crippen molar-refractivity contribution in [3.05, 3.63) is 57.6 Å². The number of halogens is 2. The van der Waals surface area contributed by atoms with E-state index < -0.39 is 0 Å². The monoisotopic (exact) mass is 378 g/mol. The first-order valence-corrected chi connectivity index (χ1v) is 9.35. The molecule has 0 aromatic heterocycles. The van der Waals surface area contributed by atoms with E-state index in [-0.39, 0.29) is 0 Å². The third kappa shape index (κ3) is 3.89. The van der Waals surface area contributed by atoms with Crippen molar-refractivity contribution < 1.29 is 14.2 Å². The Kier molecular flexibility index (Phi) is 5.07. The zero-order valence-corrected chi connectivity index (χ0v) is 15.4. The highest BCUT2D eigenvalue weighted by molar-refractivity contribution is 6.42. The lowest BCUT2D eigenvalue weighted by Gasteiger charge is -2.21. The molecule has 5 heteroatoms. The van der Waals surface area contributed by atoms with Gasteiger partial charge in [-0.25, -0.2) is 0 Å². The lowest BCUT2D eigenvalue weighted by Crippen LogP contribution is -2.18. The maximum atomic E-state index is 6.14. The Labute approximate surface area is 157 Å². The van der Waals surface area contributed by atoms with E-state index in [1.165, 1.54) is 11.1 Å². The summed E-state index contributed by atoms with van der Waals surface area (Å²) in [4.78, 5) is 0. The van der Waals surface area contributed by atoms with Crippen LogP contribution in [-0.4, -0.2) is 26.4 Å². The number of ether oxygens (including phenoxy) is 3. The molecule has 0 spiro atoms. The zero-order valence-electron chi connectivity index (χ0n) is 13.8. The van der Waals surface area contributed by atoms with Crippen molar-refractivity contribution in [2.75, 3.05) is 26.4 Å². The Morgan fingerprint density at radius 1 is 0.760 bits per heavy atom. The summed E-state index contributed by atoms with van der Waals surface area (Å²) in [5.41, 5.74) is 2.47. The summed E-state index contributed by atoms with van der Waals surface area (Å²) < 4.78 is 17.1. The molecule has 4 rings (SSSR count). The van der Waals surface area contributed by atoms with Crippen molar-refractivity contribution in [1.82, 2.24) is 0 Å². The molecule has 1 fully saturated rings. The second kappa shape index (κ2) is 7.45. The topological polar surface area (TPSA) is 27.7 Å². The Hall–Kier alpha value is -1.42. The second-order valence-electron chi connectivity index (χ2n) is 6.69. The number of hydrogen-bond acceptors (Lipinski definition) is 3. The van der Waals surface area contributed by atoms with Gasteiger partial charge < -0.3 is 14.2 Å². The number of hydrogen-bond donors (Lipinski definition) is 0. The molecule has 3 nitrogen and oxygen atoms in total. The molecular formula is C20H20Cl2O3. The minimum atomic E-state index is 0.477. The highest BCUT2D eigenvalue weighted by Gasteiger charge is 2.29. The van der Waals surface area contributed by atoms with Crippen LogP contribution in [0.3, 0.4) is 0 Å². The largest absolute Gasteiger partial charge is 0.486 e. The van der Waals surface area contributed by atoms with Gasteiger partial charge in [-0.3, -0.25) is 0 Å². The fourth-order valence-corrected chi connectivity index (χ4v) is 3.90. The number of rotatable bonds is 4. The lowest BCUT2D eigenvalue weighted by molar-refractivity contribution is 0.171. The fourth-order valence-electron chi connectivity index (χ4n) is 3.58. The average molecular weight is 379 g/mol. The van der Waals surface area contributed by atoms with E-state index in [1.807, 2.05) is 24.3 Å². The molecule has 0 radical (unpaired) electrons. The minimum absolute atomic E-state index is 0.477. The normalized spacial score (nSPS) is 22.2. The summed E-state index contributed by atoms with van der Waals surface area (Å²) in [5, 5.41) is 1.21. The van der Waals surface area contributed by atoms with E-state index in [0.717, 1.165) is 37.6 Å². The standard InChI is InChI=1S/C20H20Cl2O3/c21-17-3-1-13(9-18(17)22)7-15-11-23-12-16(15)8-14-2-4-19-20(10-14)25-6-5-24-19/h1-4,9-10,15-16H,5-8,11-12H2/t15-,16-/m0/s1. The summed E-state index contributed by atoms with van der Waals surface area (Å²) in [6, 6.07) is 12.1. The minimum Gasteiger partial charge on any atom is -0.486 e. The molecule has 0 amide bonds. The van der Waals surface area contributed by atoms with Gasteiger partial charge in [0, 0.05) is 0 Å². The molecular weight excluding hydrogens is 359 g/mol. The fraction of sp³-hybridized carbons (Fsp3) is 0.400. The first-order valence-electron chi connectivity index (χ1n) is 8.59. The Balaban J connectivity index is 1.45. The molecule has 2 aliphatic rings. The molecule has 0 aliphatic carbocycles. The quantitative estimate of drug-likeness (QED) is 0.763. The van der Waals surface area contributed by atoms with Gasteiger partial charge in [-0.1, -0.05) is 35.3 Å². The van der Waals surface area contributed by atoms with Crippen LogP contribution in [0.25, 0.3) is 0 Å². The molecule has 2 heterocycles. The third-order valence-electron chi connectivity index (χ3n) is 4.92. The molecule has 1 saturated heterocycles. The van der Waals surface area contributed by atoms with Crippen LogP contribution < -0.4 is 9.47 Å². The van der Waals surface area contributed by atoms with Crippen LogP contribution in [0.1, 0.15) is 11.1 Å². The van der Waals surface area contributed by atoms with Crippen molar-refractivity contribution in [3.63, 3.8) is 0 Å². The molecule has 0 bridgehead atoms. The van der Waals surface area contributed by atoms with Gasteiger partial charge in [0.25, 0.3) is 0 Å². The Morgan fingerprint density at radius 3 is 2.12 bits per heavy atom. The van der Waals surface area contributed by atoms with Crippen LogP contribution in [0.4, 0.5) is 0 Å². The smallest absolute Gasteiger partial charge is 0.161 e. The van der Waals surface area contributed by atoms with Gasteiger partial charge in [-0.05, 0) is 60.1 Å². The van der Waals surface area contributed by atoms with E-state index >= 15 is 0 Å². The van der Waals surface area contributed by atoms with E-state index in [9.17, 15) is 0 Å². The SMILES string of the molecule is Clc1ccc(C[C@H]2COC[C@@H]2Cc2ccc3c(c2)OCCO3)cc1Cl. The van der Waals surface area contributed by atoms with Crippen molar-refractivity contribution in [3.8, 4) is 11.5 Å².